The molecule has 0 saturated carbocycles. The lowest BCUT2D eigenvalue weighted by Gasteiger charge is -2.10. The van der Waals surface area contributed by atoms with E-state index in [-0.39, 0.29) is 32.4 Å². The van der Waals surface area contributed by atoms with E-state index in [4.69, 9.17) is 51.1 Å². The highest BCUT2D eigenvalue weighted by molar-refractivity contribution is 6.44. The summed E-state index contributed by atoms with van der Waals surface area (Å²) >= 11 is 23.2. The van der Waals surface area contributed by atoms with E-state index < -0.39 is 11.7 Å². The number of carbonyl (C=O) groups excluding carboxylic acids is 1. The summed E-state index contributed by atoms with van der Waals surface area (Å²) in [6.07, 6.45) is 0. The molecule has 0 spiro atoms. The molecular weight excluding hydrogens is 375 g/mol. The van der Waals surface area contributed by atoms with Gasteiger partial charge in [-0.2, -0.15) is 0 Å². The van der Waals surface area contributed by atoms with E-state index in [1.54, 1.807) is 0 Å². The third-order valence-electron chi connectivity index (χ3n) is 2.55. The van der Waals surface area contributed by atoms with Gasteiger partial charge in [0.15, 0.2) is 6.61 Å². The number of hydrogen-bond donors (Lipinski definition) is 1. The van der Waals surface area contributed by atoms with Crippen LogP contribution >= 0.6 is 46.4 Å². The predicted molar refractivity (Wildman–Crippen MR) is 87.0 cm³/mol. The Kier molecular flexibility index (Phi) is 5.75. The fourth-order valence-corrected chi connectivity index (χ4v) is 2.28. The molecule has 0 aliphatic carbocycles. The summed E-state index contributed by atoms with van der Waals surface area (Å²) < 4.78 is 18.2. The zero-order chi connectivity index (χ0) is 16.3. The average molecular weight is 383 g/mol. The zero-order valence-corrected chi connectivity index (χ0v) is 13.8. The van der Waals surface area contributed by atoms with E-state index in [1.165, 1.54) is 24.3 Å². The van der Waals surface area contributed by atoms with Crippen LogP contribution in [-0.2, 0) is 4.79 Å². The number of hydrogen-bond acceptors (Lipinski definition) is 2. The second-order valence-corrected chi connectivity index (χ2v) is 5.79. The van der Waals surface area contributed by atoms with Gasteiger partial charge in [-0.1, -0.05) is 46.4 Å². The summed E-state index contributed by atoms with van der Waals surface area (Å²) in [5, 5.41) is 3.22. The molecule has 0 radical (unpaired) electrons. The van der Waals surface area contributed by atoms with E-state index >= 15 is 0 Å². The minimum atomic E-state index is -0.568. The molecule has 0 aromatic heterocycles. The lowest BCUT2D eigenvalue weighted by molar-refractivity contribution is -0.118. The second-order valence-electron chi connectivity index (χ2n) is 4.16. The smallest absolute Gasteiger partial charge is 0.262 e. The van der Waals surface area contributed by atoms with Crippen molar-refractivity contribution in [3.8, 4) is 5.75 Å². The molecule has 116 valence electrons. The van der Waals surface area contributed by atoms with Crippen LogP contribution in [0.5, 0.6) is 5.75 Å². The summed E-state index contributed by atoms with van der Waals surface area (Å²) in [6, 6.07) is 6.63. The Morgan fingerprint density at radius 3 is 2.36 bits per heavy atom. The molecule has 3 nitrogen and oxygen atoms in total. The SMILES string of the molecule is O=C(COc1ccc(F)c(Cl)c1)Nc1cc(Cl)c(Cl)cc1Cl. The molecule has 8 heteroatoms. The summed E-state index contributed by atoms with van der Waals surface area (Å²) in [5.41, 5.74) is 0.307. The van der Waals surface area contributed by atoms with Crippen molar-refractivity contribution in [2.45, 2.75) is 0 Å². The van der Waals surface area contributed by atoms with E-state index in [1.807, 2.05) is 0 Å². The molecule has 2 aromatic rings. The lowest BCUT2D eigenvalue weighted by Crippen LogP contribution is -2.20. The number of ether oxygens (including phenoxy) is 1. The molecule has 1 N–H and O–H groups in total. The molecule has 0 aliphatic rings. The molecule has 22 heavy (non-hydrogen) atoms. The van der Waals surface area contributed by atoms with Gasteiger partial charge in [0.2, 0.25) is 0 Å². The van der Waals surface area contributed by atoms with Gasteiger partial charge in [-0.25, -0.2) is 4.39 Å². The number of amides is 1. The third-order valence-corrected chi connectivity index (χ3v) is 3.87. The minimum absolute atomic E-state index is 0.0922. The molecule has 0 unspecified atom stereocenters. The van der Waals surface area contributed by atoms with Gasteiger partial charge < -0.3 is 10.1 Å². The summed E-state index contributed by atoms with van der Waals surface area (Å²) in [6.45, 7) is -0.307. The molecule has 0 bridgehead atoms. The quantitative estimate of drug-likeness (QED) is 0.713. The van der Waals surface area contributed by atoms with Gasteiger partial charge in [0, 0.05) is 6.07 Å². The van der Waals surface area contributed by atoms with Gasteiger partial charge in [-0.15, -0.1) is 0 Å². The average Bonchev–Trinajstić information content (AvgIpc) is 2.46. The Balaban J connectivity index is 1.98. The normalized spacial score (nSPS) is 10.4. The van der Waals surface area contributed by atoms with Crippen LogP contribution < -0.4 is 10.1 Å². The number of rotatable bonds is 4. The standard InChI is InChI=1S/C14H8Cl4FNO2/c15-8-4-11(18)13(5-9(8)16)20-14(21)6-22-7-1-2-12(19)10(17)3-7/h1-5H,6H2,(H,20,21). The molecule has 0 fully saturated rings. The molecule has 0 aliphatic heterocycles. The monoisotopic (exact) mass is 381 g/mol. The Hall–Kier alpha value is -1.20. The van der Waals surface area contributed by atoms with Crippen molar-refractivity contribution in [1.82, 2.24) is 0 Å². The minimum Gasteiger partial charge on any atom is -0.484 e. The zero-order valence-electron chi connectivity index (χ0n) is 10.8. The lowest BCUT2D eigenvalue weighted by atomic mass is 10.3. The maximum atomic E-state index is 13.0. The van der Waals surface area contributed by atoms with Crippen LogP contribution in [0.3, 0.4) is 0 Å². The molecule has 2 rings (SSSR count). The fraction of sp³-hybridized carbons (Fsp3) is 0.0714. The van der Waals surface area contributed by atoms with Crippen LogP contribution in [0, 0.1) is 5.82 Å². The Morgan fingerprint density at radius 2 is 1.68 bits per heavy atom. The van der Waals surface area contributed by atoms with Gasteiger partial charge in [0.05, 0.1) is 25.8 Å². The van der Waals surface area contributed by atoms with Crippen molar-refractivity contribution in [3.05, 3.63) is 56.2 Å². The Labute approximate surface area is 145 Å². The first-order valence-electron chi connectivity index (χ1n) is 5.89. The van der Waals surface area contributed by atoms with Crippen molar-refractivity contribution < 1.29 is 13.9 Å². The number of carbonyl (C=O) groups is 1. The van der Waals surface area contributed by atoms with Crippen LogP contribution in [0.1, 0.15) is 0 Å². The highest BCUT2D eigenvalue weighted by atomic mass is 35.5. The number of benzene rings is 2. The molecular formula is C14H8Cl4FNO2. The van der Waals surface area contributed by atoms with Crippen molar-refractivity contribution in [1.29, 1.82) is 0 Å². The first kappa shape index (κ1) is 17.2. The summed E-state index contributed by atoms with van der Waals surface area (Å²) in [5.74, 6) is -0.774. The van der Waals surface area contributed by atoms with Crippen LogP contribution in [0.15, 0.2) is 30.3 Å². The van der Waals surface area contributed by atoms with E-state index in [9.17, 15) is 9.18 Å². The van der Waals surface area contributed by atoms with E-state index in [0.29, 0.717) is 5.69 Å². The maximum Gasteiger partial charge on any atom is 0.262 e. The molecule has 1 amide bonds. The fourth-order valence-electron chi connectivity index (χ4n) is 1.52. The third kappa shape index (κ3) is 4.40. The molecule has 0 saturated heterocycles. The van der Waals surface area contributed by atoms with Crippen molar-refractivity contribution in [3.63, 3.8) is 0 Å². The van der Waals surface area contributed by atoms with Gasteiger partial charge in [0.25, 0.3) is 5.91 Å². The van der Waals surface area contributed by atoms with Gasteiger partial charge in [-0.3, -0.25) is 4.79 Å². The predicted octanol–water partition coefficient (Wildman–Crippen LogP) is 5.46. The van der Waals surface area contributed by atoms with E-state index in [2.05, 4.69) is 5.32 Å². The van der Waals surface area contributed by atoms with Gasteiger partial charge in [-0.05, 0) is 24.3 Å². The Morgan fingerprint density at radius 1 is 1.00 bits per heavy atom. The first-order valence-corrected chi connectivity index (χ1v) is 7.40. The second kappa shape index (κ2) is 7.38. The van der Waals surface area contributed by atoms with Crippen LogP contribution in [0.25, 0.3) is 0 Å². The van der Waals surface area contributed by atoms with Crippen molar-refractivity contribution in [2.24, 2.45) is 0 Å². The van der Waals surface area contributed by atoms with Gasteiger partial charge >= 0.3 is 0 Å². The summed E-state index contributed by atoms with van der Waals surface area (Å²) in [4.78, 5) is 11.8. The molecule has 0 heterocycles. The van der Waals surface area contributed by atoms with Crippen LogP contribution in [-0.4, -0.2) is 12.5 Å². The highest BCUT2D eigenvalue weighted by Gasteiger charge is 2.10. The number of nitrogens with one attached hydrogen (secondary N) is 1. The first-order chi connectivity index (χ1) is 10.4. The molecule has 2 aromatic carbocycles. The van der Waals surface area contributed by atoms with Crippen molar-refractivity contribution >= 4 is 58.0 Å². The highest BCUT2D eigenvalue weighted by Crippen LogP contribution is 2.32. The van der Waals surface area contributed by atoms with E-state index in [0.717, 1.165) is 6.07 Å². The summed E-state index contributed by atoms with van der Waals surface area (Å²) in [7, 11) is 0. The molecule has 0 atom stereocenters. The maximum absolute atomic E-state index is 13.0. The van der Waals surface area contributed by atoms with Crippen LogP contribution in [0.4, 0.5) is 10.1 Å². The van der Waals surface area contributed by atoms with Crippen LogP contribution in [0.2, 0.25) is 20.1 Å². The topological polar surface area (TPSA) is 38.3 Å². The largest absolute Gasteiger partial charge is 0.484 e. The number of halogens is 5. The van der Waals surface area contributed by atoms with Gasteiger partial charge in [0.1, 0.15) is 11.6 Å². The van der Waals surface area contributed by atoms with Crippen molar-refractivity contribution in [2.75, 3.05) is 11.9 Å². The Bertz CT molecular complexity index is 724. The number of anilines is 1.